The number of hydrogen-bond acceptors (Lipinski definition) is 4. The summed E-state index contributed by atoms with van der Waals surface area (Å²) in [6, 6.07) is 13.9. The van der Waals surface area contributed by atoms with Gasteiger partial charge in [0.2, 0.25) is 0 Å². The smallest absolute Gasteiger partial charge is 0.161 e. The van der Waals surface area contributed by atoms with Crippen molar-refractivity contribution in [2.75, 3.05) is 19.8 Å². The Morgan fingerprint density at radius 3 is 2.73 bits per heavy atom. The largest absolute Gasteiger partial charge is 0.486 e. The van der Waals surface area contributed by atoms with Gasteiger partial charge in [0.15, 0.2) is 11.5 Å². The molecule has 4 nitrogen and oxygen atoms in total. The zero-order chi connectivity index (χ0) is 15.4. The van der Waals surface area contributed by atoms with Crippen molar-refractivity contribution in [2.45, 2.75) is 19.6 Å². The standard InChI is InChI=1S/C18H21NO3/c1-13-3-2-4-15(9-13)16(20)12-19-11-14-5-6-17-18(10-14)22-8-7-21-17/h2-6,9-10,16,19-20H,7-8,11-12H2,1H3. The molecule has 0 saturated heterocycles. The van der Waals surface area contributed by atoms with Crippen LogP contribution in [0.1, 0.15) is 22.8 Å². The SMILES string of the molecule is Cc1cccc(C(O)CNCc2ccc3c(c2)OCCO3)c1. The second-order valence-corrected chi connectivity index (χ2v) is 5.54. The molecule has 3 rings (SSSR count). The first-order valence-electron chi connectivity index (χ1n) is 7.56. The van der Waals surface area contributed by atoms with Crippen molar-refractivity contribution < 1.29 is 14.6 Å². The van der Waals surface area contributed by atoms with Crippen LogP contribution >= 0.6 is 0 Å². The average Bonchev–Trinajstić information content (AvgIpc) is 2.54. The summed E-state index contributed by atoms with van der Waals surface area (Å²) < 4.78 is 11.1. The molecule has 1 aliphatic heterocycles. The maximum atomic E-state index is 10.2. The topological polar surface area (TPSA) is 50.7 Å². The molecule has 2 aromatic carbocycles. The Morgan fingerprint density at radius 2 is 1.91 bits per heavy atom. The van der Waals surface area contributed by atoms with E-state index in [0.29, 0.717) is 26.3 Å². The van der Waals surface area contributed by atoms with Gasteiger partial charge in [0.25, 0.3) is 0 Å². The van der Waals surface area contributed by atoms with Crippen LogP contribution in [0.15, 0.2) is 42.5 Å². The quantitative estimate of drug-likeness (QED) is 0.891. The summed E-state index contributed by atoms with van der Waals surface area (Å²) >= 11 is 0. The summed E-state index contributed by atoms with van der Waals surface area (Å²) in [5.74, 6) is 1.60. The molecule has 0 amide bonds. The number of fused-ring (bicyclic) bond motifs is 1. The molecule has 4 heteroatoms. The molecule has 2 aromatic rings. The van der Waals surface area contributed by atoms with Gasteiger partial charge < -0.3 is 19.9 Å². The second-order valence-electron chi connectivity index (χ2n) is 5.54. The highest BCUT2D eigenvalue weighted by molar-refractivity contribution is 5.43. The van der Waals surface area contributed by atoms with Gasteiger partial charge in [0.1, 0.15) is 13.2 Å². The summed E-state index contributed by atoms with van der Waals surface area (Å²) in [5, 5.41) is 13.5. The van der Waals surface area contributed by atoms with Gasteiger partial charge in [-0.05, 0) is 30.2 Å². The van der Waals surface area contributed by atoms with Gasteiger partial charge in [-0.25, -0.2) is 0 Å². The number of nitrogens with one attached hydrogen (secondary N) is 1. The zero-order valence-electron chi connectivity index (χ0n) is 12.7. The first-order chi connectivity index (χ1) is 10.7. The zero-order valence-corrected chi connectivity index (χ0v) is 12.7. The van der Waals surface area contributed by atoms with Crippen molar-refractivity contribution >= 4 is 0 Å². The van der Waals surface area contributed by atoms with Crippen LogP contribution in [0.2, 0.25) is 0 Å². The van der Waals surface area contributed by atoms with Gasteiger partial charge in [-0.15, -0.1) is 0 Å². The Labute approximate surface area is 130 Å². The van der Waals surface area contributed by atoms with Gasteiger partial charge in [0.05, 0.1) is 6.10 Å². The minimum Gasteiger partial charge on any atom is -0.486 e. The fourth-order valence-electron chi connectivity index (χ4n) is 2.55. The Morgan fingerprint density at radius 1 is 1.09 bits per heavy atom. The van der Waals surface area contributed by atoms with Crippen LogP contribution in [0.25, 0.3) is 0 Å². The number of ether oxygens (including phenoxy) is 2. The van der Waals surface area contributed by atoms with Crippen molar-refractivity contribution in [3.63, 3.8) is 0 Å². The molecule has 1 unspecified atom stereocenters. The van der Waals surface area contributed by atoms with Crippen LogP contribution in [0.3, 0.4) is 0 Å². The number of hydrogen-bond donors (Lipinski definition) is 2. The molecule has 0 aromatic heterocycles. The van der Waals surface area contributed by atoms with Crippen LogP contribution in [0.5, 0.6) is 11.5 Å². The summed E-state index contributed by atoms with van der Waals surface area (Å²) in [5.41, 5.74) is 3.21. The van der Waals surface area contributed by atoms with Gasteiger partial charge in [-0.2, -0.15) is 0 Å². The fraction of sp³-hybridized carbons (Fsp3) is 0.333. The van der Waals surface area contributed by atoms with Crippen molar-refractivity contribution in [3.05, 3.63) is 59.2 Å². The minimum atomic E-state index is -0.503. The summed E-state index contributed by atoms with van der Waals surface area (Å²) in [6.45, 7) is 4.42. The van der Waals surface area contributed by atoms with E-state index < -0.39 is 6.10 Å². The first-order valence-corrected chi connectivity index (χ1v) is 7.56. The predicted molar refractivity (Wildman–Crippen MR) is 85.3 cm³/mol. The van der Waals surface area contributed by atoms with E-state index in [1.165, 1.54) is 0 Å². The Bertz CT molecular complexity index is 642. The van der Waals surface area contributed by atoms with Crippen LogP contribution in [0, 0.1) is 6.92 Å². The van der Waals surface area contributed by atoms with Crippen molar-refractivity contribution in [1.29, 1.82) is 0 Å². The molecule has 0 bridgehead atoms. The number of benzene rings is 2. The Balaban J connectivity index is 1.54. The van der Waals surface area contributed by atoms with E-state index in [1.807, 2.05) is 49.4 Å². The van der Waals surface area contributed by atoms with Crippen molar-refractivity contribution in [1.82, 2.24) is 5.32 Å². The maximum Gasteiger partial charge on any atom is 0.161 e. The molecule has 116 valence electrons. The molecule has 0 radical (unpaired) electrons. The number of aliphatic hydroxyl groups excluding tert-OH is 1. The van der Waals surface area contributed by atoms with Gasteiger partial charge in [0, 0.05) is 13.1 Å². The fourth-order valence-corrected chi connectivity index (χ4v) is 2.55. The average molecular weight is 299 g/mol. The maximum absolute atomic E-state index is 10.2. The van der Waals surface area contributed by atoms with Crippen LogP contribution in [0.4, 0.5) is 0 Å². The molecule has 0 aliphatic carbocycles. The molecular weight excluding hydrogens is 278 g/mol. The highest BCUT2D eigenvalue weighted by Crippen LogP contribution is 2.30. The molecule has 22 heavy (non-hydrogen) atoms. The van der Waals surface area contributed by atoms with E-state index in [-0.39, 0.29) is 0 Å². The van der Waals surface area contributed by atoms with E-state index in [9.17, 15) is 5.11 Å². The molecule has 0 saturated carbocycles. The summed E-state index contributed by atoms with van der Waals surface area (Å²) in [6.07, 6.45) is -0.503. The third-order valence-corrected chi connectivity index (χ3v) is 3.70. The molecule has 1 aliphatic rings. The molecule has 1 atom stereocenters. The van der Waals surface area contributed by atoms with E-state index >= 15 is 0 Å². The number of rotatable bonds is 5. The van der Waals surface area contributed by atoms with E-state index in [1.54, 1.807) is 0 Å². The van der Waals surface area contributed by atoms with E-state index in [4.69, 9.17) is 9.47 Å². The second kappa shape index (κ2) is 6.81. The highest BCUT2D eigenvalue weighted by atomic mass is 16.6. The molecule has 0 spiro atoms. The van der Waals surface area contributed by atoms with Crippen LogP contribution < -0.4 is 14.8 Å². The predicted octanol–water partition coefficient (Wildman–Crippen LogP) is 2.59. The monoisotopic (exact) mass is 299 g/mol. The lowest BCUT2D eigenvalue weighted by molar-refractivity contribution is 0.170. The molecule has 1 heterocycles. The van der Waals surface area contributed by atoms with Gasteiger partial charge >= 0.3 is 0 Å². The molecule has 0 fully saturated rings. The lowest BCUT2D eigenvalue weighted by Gasteiger charge is -2.19. The van der Waals surface area contributed by atoms with Gasteiger partial charge in [-0.3, -0.25) is 0 Å². The number of aliphatic hydroxyl groups is 1. The summed E-state index contributed by atoms with van der Waals surface area (Å²) in [7, 11) is 0. The van der Waals surface area contributed by atoms with E-state index in [0.717, 1.165) is 28.2 Å². The Hall–Kier alpha value is -2.04. The lowest BCUT2D eigenvalue weighted by atomic mass is 10.1. The number of aryl methyl sites for hydroxylation is 1. The summed E-state index contributed by atoms with van der Waals surface area (Å²) in [4.78, 5) is 0. The lowest BCUT2D eigenvalue weighted by Crippen LogP contribution is -2.21. The van der Waals surface area contributed by atoms with E-state index in [2.05, 4.69) is 5.32 Å². The Kier molecular flexibility index (Phi) is 4.61. The first kappa shape index (κ1) is 14.9. The highest BCUT2D eigenvalue weighted by Gasteiger charge is 2.12. The van der Waals surface area contributed by atoms with Gasteiger partial charge in [-0.1, -0.05) is 35.9 Å². The van der Waals surface area contributed by atoms with Crippen molar-refractivity contribution in [3.8, 4) is 11.5 Å². The molecular formula is C18H21NO3. The van der Waals surface area contributed by atoms with Crippen molar-refractivity contribution in [2.24, 2.45) is 0 Å². The van der Waals surface area contributed by atoms with Crippen LogP contribution in [-0.2, 0) is 6.54 Å². The molecule has 2 N–H and O–H groups in total. The third-order valence-electron chi connectivity index (χ3n) is 3.70. The normalized spacial score (nSPS) is 14.6. The minimum absolute atomic E-state index is 0.503. The van der Waals surface area contributed by atoms with Crippen LogP contribution in [-0.4, -0.2) is 24.9 Å². The third kappa shape index (κ3) is 3.59.